The number of halogens is 2. The minimum Gasteiger partial charge on any atom is -0.223 e. The third-order valence-corrected chi connectivity index (χ3v) is 4.60. The quantitative estimate of drug-likeness (QED) is 0.874. The van der Waals surface area contributed by atoms with Gasteiger partial charge in [-0.05, 0) is 24.3 Å². The van der Waals surface area contributed by atoms with Crippen LogP contribution in [0.1, 0.15) is 11.1 Å². The first kappa shape index (κ1) is 14.5. The highest BCUT2D eigenvalue weighted by molar-refractivity contribution is 7.90. The van der Waals surface area contributed by atoms with Crippen molar-refractivity contribution >= 4 is 21.4 Å². The highest BCUT2D eigenvalue weighted by Crippen LogP contribution is 2.22. The Morgan fingerprint density at radius 1 is 1.20 bits per heavy atom. The maximum Gasteiger partial charge on any atom is 0.182 e. The van der Waals surface area contributed by atoms with Gasteiger partial charge in [-0.3, -0.25) is 0 Å². The first-order valence-electron chi connectivity index (χ1n) is 5.60. The molecular weight excluding hydrogens is 301 g/mol. The molecule has 0 amide bonds. The topological polar surface area (TPSA) is 57.9 Å². The highest BCUT2D eigenvalue weighted by Gasteiger charge is 2.19. The molecule has 0 aliphatic rings. The van der Waals surface area contributed by atoms with Crippen LogP contribution in [0, 0.1) is 17.1 Å². The van der Waals surface area contributed by atoms with Gasteiger partial charge in [-0.25, -0.2) is 12.8 Å². The van der Waals surface area contributed by atoms with Crippen LogP contribution < -0.4 is 0 Å². The average Bonchev–Trinajstić information content (AvgIpc) is 2.41. The van der Waals surface area contributed by atoms with Crippen LogP contribution in [0.5, 0.6) is 0 Å². The van der Waals surface area contributed by atoms with E-state index < -0.39 is 21.4 Å². The van der Waals surface area contributed by atoms with E-state index in [0.717, 1.165) is 0 Å². The molecule has 6 heteroatoms. The van der Waals surface area contributed by atoms with Crippen LogP contribution in [-0.2, 0) is 15.6 Å². The van der Waals surface area contributed by atoms with Crippen molar-refractivity contribution < 1.29 is 12.8 Å². The molecule has 0 saturated carbocycles. The van der Waals surface area contributed by atoms with Crippen molar-refractivity contribution in [2.75, 3.05) is 0 Å². The Hall–Kier alpha value is -1.90. The first-order valence-corrected chi connectivity index (χ1v) is 7.63. The second kappa shape index (κ2) is 5.61. The van der Waals surface area contributed by atoms with Crippen molar-refractivity contribution in [2.45, 2.75) is 10.6 Å². The molecule has 2 aromatic rings. The van der Waals surface area contributed by atoms with E-state index in [-0.39, 0.29) is 21.0 Å². The predicted molar refractivity (Wildman–Crippen MR) is 73.5 cm³/mol. The SMILES string of the molecule is N#Cc1cccc(CS(=O)(=O)c2cccc(Cl)c2)c1F. The third kappa shape index (κ3) is 2.98. The Labute approximate surface area is 121 Å². The molecule has 2 rings (SSSR count). The molecule has 0 bridgehead atoms. The van der Waals surface area contributed by atoms with Gasteiger partial charge in [0, 0.05) is 10.6 Å². The summed E-state index contributed by atoms with van der Waals surface area (Å²) in [6, 6.07) is 11.5. The molecule has 0 heterocycles. The molecule has 0 N–H and O–H groups in total. The number of rotatable bonds is 3. The van der Waals surface area contributed by atoms with Crippen molar-refractivity contribution in [3.8, 4) is 6.07 Å². The lowest BCUT2D eigenvalue weighted by Crippen LogP contribution is -2.07. The Balaban J connectivity index is 2.42. The minimum absolute atomic E-state index is 0.0201. The number of nitrogens with zero attached hydrogens (tertiary/aromatic N) is 1. The van der Waals surface area contributed by atoms with Crippen molar-refractivity contribution in [2.24, 2.45) is 0 Å². The van der Waals surface area contributed by atoms with E-state index in [1.165, 1.54) is 36.4 Å². The van der Waals surface area contributed by atoms with Crippen LogP contribution in [0.4, 0.5) is 4.39 Å². The molecule has 0 aromatic heterocycles. The van der Waals surface area contributed by atoms with E-state index in [4.69, 9.17) is 16.9 Å². The van der Waals surface area contributed by atoms with Gasteiger partial charge in [0.1, 0.15) is 11.9 Å². The lowest BCUT2D eigenvalue weighted by Gasteiger charge is -2.07. The van der Waals surface area contributed by atoms with E-state index in [2.05, 4.69) is 0 Å². The Bertz CT molecular complexity index is 797. The average molecular weight is 310 g/mol. The van der Waals surface area contributed by atoms with Crippen LogP contribution >= 0.6 is 11.6 Å². The van der Waals surface area contributed by atoms with Crippen LogP contribution in [0.15, 0.2) is 47.4 Å². The van der Waals surface area contributed by atoms with Crippen LogP contribution in [0.3, 0.4) is 0 Å². The van der Waals surface area contributed by atoms with Gasteiger partial charge in [0.2, 0.25) is 0 Å². The van der Waals surface area contributed by atoms with Crippen molar-refractivity contribution in [1.82, 2.24) is 0 Å². The fourth-order valence-electron chi connectivity index (χ4n) is 1.73. The Morgan fingerprint density at radius 2 is 1.90 bits per heavy atom. The summed E-state index contributed by atoms with van der Waals surface area (Å²) in [6.45, 7) is 0. The van der Waals surface area contributed by atoms with Crippen LogP contribution in [-0.4, -0.2) is 8.42 Å². The van der Waals surface area contributed by atoms with E-state index in [1.54, 1.807) is 12.1 Å². The van der Waals surface area contributed by atoms with Gasteiger partial charge in [0.15, 0.2) is 9.84 Å². The van der Waals surface area contributed by atoms with E-state index in [0.29, 0.717) is 0 Å². The molecule has 0 fully saturated rings. The summed E-state index contributed by atoms with van der Waals surface area (Å²) in [5.41, 5.74) is -0.215. The summed E-state index contributed by atoms with van der Waals surface area (Å²) >= 11 is 5.75. The third-order valence-electron chi connectivity index (χ3n) is 2.70. The fourth-order valence-corrected chi connectivity index (χ4v) is 3.37. The summed E-state index contributed by atoms with van der Waals surface area (Å²) < 4.78 is 38.3. The molecule has 2 aromatic carbocycles. The number of nitriles is 1. The molecule has 102 valence electrons. The maximum absolute atomic E-state index is 13.9. The summed E-state index contributed by atoms with van der Waals surface area (Å²) in [5, 5.41) is 9.03. The van der Waals surface area contributed by atoms with E-state index >= 15 is 0 Å². The molecule has 20 heavy (non-hydrogen) atoms. The number of hydrogen-bond donors (Lipinski definition) is 0. The van der Waals surface area contributed by atoms with Crippen LogP contribution in [0.25, 0.3) is 0 Å². The zero-order valence-corrected chi connectivity index (χ0v) is 11.7. The fraction of sp³-hybridized carbons (Fsp3) is 0.0714. The zero-order chi connectivity index (χ0) is 14.8. The van der Waals surface area contributed by atoms with Gasteiger partial charge in [0.05, 0.1) is 16.2 Å². The van der Waals surface area contributed by atoms with Gasteiger partial charge in [-0.1, -0.05) is 29.8 Å². The number of hydrogen-bond acceptors (Lipinski definition) is 3. The van der Waals surface area contributed by atoms with E-state index in [1.807, 2.05) is 0 Å². The smallest absolute Gasteiger partial charge is 0.182 e. The first-order chi connectivity index (χ1) is 9.44. The van der Waals surface area contributed by atoms with Gasteiger partial charge in [-0.2, -0.15) is 5.26 Å². The number of sulfone groups is 1. The molecule has 0 atom stereocenters. The van der Waals surface area contributed by atoms with Gasteiger partial charge >= 0.3 is 0 Å². The summed E-state index contributed by atoms with van der Waals surface area (Å²) in [6.07, 6.45) is 0. The van der Waals surface area contributed by atoms with Crippen molar-refractivity contribution in [1.29, 1.82) is 5.26 Å². The molecule has 0 spiro atoms. The summed E-state index contributed by atoms with van der Waals surface area (Å²) in [7, 11) is -3.72. The monoisotopic (exact) mass is 309 g/mol. The highest BCUT2D eigenvalue weighted by atomic mass is 35.5. The lowest BCUT2D eigenvalue weighted by molar-refractivity contribution is 0.586. The maximum atomic E-state index is 13.9. The summed E-state index contributed by atoms with van der Waals surface area (Å²) in [5.74, 6) is -1.32. The zero-order valence-electron chi connectivity index (χ0n) is 10.2. The number of benzene rings is 2. The molecule has 3 nitrogen and oxygen atoms in total. The second-order valence-corrected chi connectivity index (χ2v) is 6.53. The van der Waals surface area contributed by atoms with E-state index in [9.17, 15) is 12.8 Å². The Morgan fingerprint density at radius 3 is 2.55 bits per heavy atom. The standard InChI is InChI=1S/C14H9ClFNO2S/c15-12-5-2-6-13(7-12)20(18,19)9-11-4-1-3-10(8-17)14(11)16/h1-7H,9H2. The van der Waals surface area contributed by atoms with Crippen molar-refractivity contribution in [3.05, 3.63) is 64.4 Å². The predicted octanol–water partition coefficient (Wildman–Crippen LogP) is 3.32. The lowest BCUT2D eigenvalue weighted by atomic mass is 10.1. The van der Waals surface area contributed by atoms with Gasteiger partial charge in [-0.15, -0.1) is 0 Å². The minimum atomic E-state index is -3.72. The van der Waals surface area contributed by atoms with Gasteiger partial charge in [0.25, 0.3) is 0 Å². The normalized spacial score (nSPS) is 11.1. The molecular formula is C14H9ClFNO2S. The molecule has 0 radical (unpaired) electrons. The van der Waals surface area contributed by atoms with Gasteiger partial charge < -0.3 is 0 Å². The Kier molecular flexibility index (Phi) is 4.07. The summed E-state index contributed by atoms with van der Waals surface area (Å²) in [4.78, 5) is 0.0201. The molecule has 0 unspecified atom stereocenters. The largest absolute Gasteiger partial charge is 0.223 e. The van der Waals surface area contributed by atoms with Crippen LogP contribution in [0.2, 0.25) is 5.02 Å². The molecule has 0 aliphatic heterocycles. The second-order valence-electron chi connectivity index (χ2n) is 4.11. The van der Waals surface area contributed by atoms with Crippen molar-refractivity contribution in [3.63, 3.8) is 0 Å². The molecule has 0 saturated heterocycles. The molecule has 0 aliphatic carbocycles.